The van der Waals surface area contributed by atoms with E-state index in [2.05, 4.69) is 24.1 Å². The predicted molar refractivity (Wildman–Crippen MR) is 119 cm³/mol. The molecule has 2 aromatic rings. The first-order chi connectivity index (χ1) is 14.8. The van der Waals surface area contributed by atoms with Crippen molar-refractivity contribution >= 4 is 35.7 Å². The summed E-state index contributed by atoms with van der Waals surface area (Å²) in [6.07, 6.45) is 3.46. The van der Waals surface area contributed by atoms with E-state index in [1.165, 1.54) is 0 Å². The van der Waals surface area contributed by atoms with Gasteiger partial charge < -0.3 is 4.74 Å². The molecule has 2 heterocycles. The summed E-state index contributed by atoms with van der Waals surface area (Å²) in [4.78, 5) is 41.5. The lowest BCUT2D eigenvalue weighted by atomic mass is 9.91. The summed E-state index contributed by atoms with van der Waals surface area (Å²) < 4.78 is 4.29. The maximum Gasteiger partial charge on any atom is 0.428 e. The second-order valence-corrected chi connectivity index (χ2v) is 8.72. The van der Waals surface area contributed by atoms with Crippen LogP contribution in [0.2, 0.25) is 5.02 Å². The van der Waals surface area contributed by atoms with Crippen molar-refractivity contribution in [3.8, 4) is 11.3 Å². The number of nitrogens with zero attached hydrogens (tertiary/aromatic N) is 2. The third kappa shape index (κ3) is 4.78. The fraction of sp³-hybridized carbons (Fsp3) is 0.391. The van der Waals surface area contributed by atoms with Gasteiger partial charge in [-0.15, -0.1) is 0 Å². The van der Waals surface area contributed by atoms with E-state index >= 15 is 0 Å². The number of amides is 3. The normalized spacial score (nSPS) is 18.0. The number of aromatic nitrogens is 1. The van der Waals surface area contributed by atoms with Crippen LogP contribution in [0.25, 0.3) is 11.3 Å². The standard InChI is InChI=1S/C23H26ClN3O4/c1-15(2)5-10-18-20-19(13-25-21(18)16-6-8-17(24)9-7-16)26-23(30)27(3,22(20)29)11-4-12-31-14-28/h6-9,13-15H,4-5,10-12H2,1-3H3/p+1. The van der Waals surface area contributed by atoms with Gasteiger partial charge >= 0.3 is 11.9 Å². The molecular formula is C23H27ClN3O4+. The number of carbonyl (C=O) groups excluding carboxylic acids is 3. The Balaban J connectivity index is 2.08. The molecular weight excluding hydrogens is 418 g/mol. The minimum atomic E-state index is -0.437. The van der Waals surface area contributed by atoms with E-state index in [1.54, 1.807) is 25.4 Å². The van der Waals surface area contributed by atoms with Gasteiger partial charge in [-0.2, -0.15) is 4.48 Å². The molecule has 3 rings (SSSR count). The minimum absolute atomic E-state index is 0.150. The van der Waals surface area contributed by atoms with Crippen molar-refractivity contribution in [2.24, 2.45) is 5.92 Å². The quantitative estimate of drug-likeness (QED) is 0.344. The molecule has 1 atom stereocenters. The number of hydrogen-bond acceptors (Lipinski definition) is 5. The molecule has 1 aliphatic heterocycles. The Morgan fingerprint density at radius 3 is 2.58 bits per heavy atom. The molecule has 1 aromatic carbocycles. The molecule has 164 valence electrons. The summed E-state index contributed by atoms with van der Waals surface area (Å²) in [5, 5.41) is 3.48. The van der Waals surface area contributed by atoms with Gasteiger partial charge in [0, 0.05) is 17.0 Å². The summed E-state index contributed by atoms with van der Waals surface area (Å²) >= 11 is 6.05. The highest BCUT2D eigenvalue weighted by Crippen LogP contribution is 2.36. The second kappa shape index (κ2) is 9.58. The molecule has 1 N–H and O–H groups in total. The highest BCUT2D eigenvalue weighted by atomic mass is 35.5. The number of quaternary nitrogens is 1. The van der Waals surface area contributed by atoms with Crippen molar-refractivity contribution in [1.82, 2.24) is 4.98 Å². The molecule has 0 saturated carbocycles. The number of nitrogens with one attached hydrogen (secondary N) is 1. The van der Waals surface area contributed by atoms with Gasteiger partial charge in [0.1, 0.15) is 5.56 Å². The smallest absolute Gasteiger partial charge is 0.428 e. The van der Waals surface area contributed by atoms with E-state index in [4.69, 9.17) is 16.3 Å². The number of imide groups is 1. The number of ether oxygens (including phenoxy) is 1. The van der Waals surface area contributed by atoms with Crippen LogP contribution in [-0.2, 0) is 16.0 Å². The first-order valence-electron chi connectivity index (χ1n) is 10.3. The highest BCUT2D eigenvalue weighted by Gasteiger charge is 2.47. The Hall–Kier alpha value is -2.77. The molecule has 8 heteroatoms. The number of anilines is 1. The Bertz CT molecular complexity index is 991. The Morgan fingerprint density at radius 1 is 1.23 bits per heavy atom. The first kappa shape index (κ1) is 22.9. The van der Waals surface area contributed by atoms with Crippen molar-refractivity contribution < 1.29 is 23.6 Å². The van der Waals surface area contributed by atoms with Gasteiger partial charge in [0.05, 0.1) is 37.8 Å². The number of halogens is 1. The fourth-order valence-corrected chi connectivity index (χ4v) is 3.84. The number of rotatable bonds is 9. The maximum absolute atomic E-state index is 13.7. The summed E-state index contributed by atoms with van der Waals surface area (Å²) in [5.74, 6) is 0.157. The summed E-state index contributed by atoms with van der Waals surface area (Å²) in [6.45, 7) is 4.99. The zero-order valence-electron chi connectivity index (χ0n) is 18.0. The van der Waals surface area contributed by atoms with Crippen LogP contribution < -0.4 is 5.32 Å². The lowest BCUT2D eigenvalue weighted by Crippen LogP contribution is -2.59. The molecule has 0 aliphatic carbocycles. The van der Waals surface area contributed by atoms with E-state index in [0.717, 1.165) is 23.2 Å². The summed E-state index contributed by atoms with van der Waals surface area (Å²) in [7, 11) is 1.59. The largest absolute Gasteiger partial charge is 0.468 e. The van der Waals surface area contributed by atoms with Crippen LogP contribution in [0.3, 0.4) is 0 Å². The van der Waals surface area contributed by atoms with Gasteiger partial charge in [-0.05, 0) is 36.5 Å². The van der Waals surface area contributed by atoms with Crippen LogP contribution in [0.5, 0.6) is 0 Å². The number of fused-ring (bicyclic) bond motifs is 1. The SMILES string of the molecule is CC(C)CCc1c(-c2ccc(Cl)cc2)ncc2c1C(=O)[N+](C)(CCCOC=O)C(=O)N2. The molecule has 0 saturated heterocycles. The van der Waals surface area contributed by atoms with Gasteiger partial charge in [-0.25, -0.2) is 9.59 Å². The van der Waals surface area contributed by atoms with Gasteiger partial charge in [0.15, 0.2) is 0 Å². The maximum atomic E-state index is 13.7. The average Bonchev–Trinajstić information content (AvgIpc) is 2.74. The molecule has 31 heavy (non-hydrogen) atoms. The number of pyridine rings is 1. The van der Waals surface area contributed by atoms with Crippen LogP contribution in [-0.4, -0.2) is 48.1 Å². The third-order valence-electron chi connectivity index (χ3n) is 5.56. The van der Waals surface area contributed by atoms with Gasteiger partial charge in [0.2, 0.25) is 0 Å². The van der Waals surface area contributed by atoms with Crippen LogP contribution in [0.1, 0.15) is 42.6 Å². The summed E-state index contributed by atoms with van der Waals surface area (Å²) in [6, 6.07) is 6.93. The number of hydrogen-bond donors (Lipinski definition) is 1. The van der Waals surface area contributed by atoms with Crippen molar-refractivity contribution in [2.45, 2.75) is 33.1 Å². The molecule has 0 fully saturated rings. The van der Waals surface area contributed by atoms with Gasteiger partial charge in [0.25, 0.3) is 6.47 Å². The van der Waals surface area contributed by atoms with Crippen molar-refractivity contribution in [1.29, 1.82) is 0 Å². The van der Waals surface area contributed by atoms with Gasteiger partial charge in [-0.1, -0.05) is 37.6 Å². The van der Waals surface area contributed by atoms with Crippen LogP contribution in [0.15, 0.2) is 30.5 Å². The van der Waals surface area contributed by atoms with E-state index < -0.39 is 10.5 Å². The molecule has 1 aromatic heterocycles. The molecule has 1 aliphatic rings. The van der Waals surface area contributed by atoms with E-state index in [1.807, 2.05) is 12.1 Å². The number of urea groups is 1. The Labute approximate surface area is 187 Å². The molecule has 1 unspecified atom stereocenters. The average molecular weight is 445 g/mol. The molecule has 7 nitrogen and oxygen atoms in total. The Morgan fingerprint density at radius 2 is 1.94 bits per heavy atom. The zero-order valence-corrected chi connectivity index (χ0v) is 18.7. The van der Waals surface area contributed by atoms with Crippen LogP contribution in [0, 0.1) is 5.92 Å². The van der Waals surface area contributed by atoms with Crippen molar-refractivity contribution in [3.63, 3.8) is 0 Å². The highest BCUT2D eigenvalue weighted by molar-refractivity contribution is 6.30. The molecule has 0 radical (unpaired) electrons. The van der Waals surface area contributed by atoms with E-state index in [-0.39, 0.29) is 19.1 Å². The topological polar surface area (TPSA) is 85.4 Å². The first-order valence-corrected chi connectivity index (χ1v) is 10.7. The van der Waals surface area contributed by atoms with Crippen LogP contribution >= 0.6 is 11.6 Å². The lowest BCUT2D eigenvalue weighted by molar-refractivity contribution is -0.743. The van der Waals surface area contributed by atoms with Crippen LogP contribution in [0.4, 0.5) is 10.5 Å². The minimum Gasteiger partial charge on any atom is -0.468 e. The zero-order chi connectivity index (χ0) is 22.6. The van der Waals surface area contributed by atoms with E-state index in [0.29, 0.717) is 41.5 Å². The van der Waals surface area contributed by atoms with Gasteiger partial charge in [-0.3, -0.25) is 15.1 Å². The molecule has 3 amide bonds. The lowest BCUT2D eigenvalue weighted by Gasteiger charge is -2.34. The molecule has 0 spiro atoms. The van der Waals surface area contributed by atoms with Crippen molar-refractivity contribution in [3.05, 3.63) is 46.6 Å². The van der Waals surface area contributed by atoms with E-state index in [9.17, 15) is 14.4 Å². The predicted octanol–water partition coefficient (Wildman–Crippen LogP) is 4.69. The summed E-state index contributed by atoms with van der Waals surface area (Å²) in [5.41, 5.74) is 3.35. The Kier molecular flexibility index (Phi) is 7.08. The second-order valence-electron chi connectivity index (χ2n) is 8.28. The number of benzene rings is 1. The fourth-order valence-electron chi connectivity index (χ4n) is 3.72. The molecule has 0 bridgehead atoms. The van der Waals surface area contributed by atoms with Crippen molar-refractivity contribution in [2.75, 3.05) is 25.5 Å². The monoisotopic (exact) mass is 444 g/mol. The third-order valence-corrected chi connectivity index (χ3v) is 5.81. The number of carbonyl (C=O) groups is 3.